The lowest BCUT2D eigenvalue weighted by molar-refractivity contribution is 0.186. The van der Waals surface area contributed by atoms with Gasteiger partial charge in [-0.05, 0) is 28.9 Å². The molecule has 122 valence electrons. The molecule has 0 aliphatic carbocycles. The van der Waals surface area contributed by atoms with E-state index in [-0.39, 0.29) is 0 Å². The topological polar surface area (TPSA) is 9.23 Å². The molecule has 0 saturated heterocycles. The minimum Gasteiger partial charge on any atom is -0.466 e. The van der Waals surface area contributed by atoms with E-state index in [4.69, 9.17) is 4.74 Å². The van der Waals surface area contributed by atoms with Gasteiger partial charge in [-0.3, -0.25) is 0 Å². The molecule has 21 heavy (non-hydrogen) atoms. The van der Waals surface area contributed by atoms with Crippen LogP contribution in [0, 0.1) is 35.5 Å². The summed E-state index contributed by atoms with van der Waals surface area (Å²) in [6, 6.07) is 0. The minimum atomic E-state index is 0.450. The molecule has 1 aliphatic rings. The first-order chi connectivity index (χ1) is 9.59. The summed E-state index contributed by atoms with van der Waals surface area (Å²) in [5, 5.41) is 0. The average molecular weight is 293 g/mol. The van der Waals surface area contributed by atoms with Crippen LogP contribution in [-0.2, 0) is 4.74 Å². The van der Waals surface area contributed by atoms with Crippen molar-refractivity contribution in [3.05, 3.63) is 22.7 Å². The van der Waals surface area contributed by atoms with Gasteiger partial charge in [-0.25, -0.2) is 0 Å². The Morgan fingerprint density at radius 3 is 1.10 bits per heavy atom. The first-order valence-corrected chi connectivity index (χ1v) is 8.75. The van der Waals surface area contributed by atoms with Gasteiger partial charge in [0.25, 0.3) is 0 Å². The van der Waals surface area contributed by atoms with Crippen LogP contribution in [0.3, 0.4) is 0 Å². The van der Waals surface area contributed by atoms with Crippen LogP contribution in [0.15, 0.2) is 22.7 Å². The largest absolute Gasteiger partial charge is 0.466 e. The van der Waals surface area contributed by atoms with Crippen molar-refractivity contribution in [3.63, 3.8) is 0 Å². The van der Waals surface area contributed by atoms with E-state index in [9.17, 15) is 0 Å². The molecule has 0 saturated carbocycles. The predicted octanol–water partition coefficient (Wildman–Crippen LogP) is 6.42. The second kappa shape index (κ2) is 7.03. The molecule has 0 amide bonds. The third kappa shape index (κ3) is 3.73. The Hall–Kier alpha value is -0.720. The third-order valence-electron chi connectivity index (χ3n) is 4.42. The van der Waals surface area contributed by atoms with Gasteiger partial charge in [0.05, 0.1) is 0 Å². The van der Waals surface area contributed by atoms with Crippen LogP contribution in [0.2, 0.25) is 0 Å². The van der Waals surface area contributed by atoms with Gasteiger partial charge in [0.15, 0.2) is 0 Å². The zero-order valence-corrected chi connectivity index (χ0v) is 15.9. The van der Waals surface area contributed by atoms with Gasteiger partial charge in [-0.1, -0.05) is 69.2 Å². The average Bonchev–Trinajstić information content (AvgIpc) is 2.34. The molecule has 0 aromatic heterocycles. The summed E-state index contributed by atoms with van der Waals surface area (Å²) in [5.41, 5.74) is 3.07. The first-order valence-electron chi connectivity index (χ1n) is 8.75. The lowest BCUT2D eigenvalue weighted by Crippen LogP contribution is -2.30. The molecule has 0 spiro atoms. The van der Waals surface area contributed by atoms with Crippen molar-refractivity contribution in [2.24, 2.45) is 35.5 Å². The van der Waals surface area contributed by atoms with Gasteiger partial charge >= 0.3 is 0 Å². The maximum atomic E-state index is 6.50. The van der Waals surface area contributed by atoms with Crippen molar-refractivity contribution in [2.75, 3.05) is 0 Å². The number of rotatable bonds is 5. The molecule has 0 radical (unpaired) electrons. The Balaban J connectivity index is 3.56. The van der Waals surface area contributed by atoms with Crippen LogP contribution in [0.4, 0.5) is 0 Å². The lowest BCUT2D eigenvalue weighted by atomic mass is 9.70. The molecule has 1 heterocycles. The van der Waals surface area contributed by atoms with E-state index in [0.29, 0.717) is 35.5 Å². The zero-order chi connectivity index (χ0) is 16.5. The van der Waals surface area contributed by atoms with Gasteiger partial charge in [-0.2, -0.15) is 0 Å². The zero-order valence-electron chi connectivity index (χ0n) is 15.9. The van der Waals surface area contributed by atoms with E-state index in [1.54, 1.807) is 0 Å². The SMILES string of the molecule is CC(C)C1=C(C(C)C)C(C(C)C)C(C(C)C)=C(C(C)C)O1. The highest BCUT2D eigenvalue weighted by atomic mass is 16.5. The lowest BCUT2D eigenvalue weighted by Gasteiger charge is -2.40. The molecular weight excluding hydrogens is 256 g/mol. The van der Waals surface area contributed by atoms with Crippen LogP contribution in [0.5, 0.6) is 0 Å². The van der Waals surface area contributed by atoms with E-state index < -0.39 is 0 Å². The van der Waals surface area contributed by atoms with E-state index >= 15 is 0 Å². The second-order valence-electron chi connectivity index (χ2n) is 8.08. The molecule has 1 heteroatoms. The van der Waals surface area contributed by atoms with E-state index in [1.807, 2.05) is 0 Å². The van der Waals surface area contributed by atoms with Gasteiger partial charge in [0.1, 0.15) is 11.5 Å². The summed E-state index contributed by atoms with van der Waals surface area (Å²) in [5.74, 6) is 5.60. The molecule has 0 bridgehead atoms. The van der Waals surface area contributed by atoms with Crippen molar-refractivity contribution in [1.29, 1.82) is 0 Å². The minimum absolute atomic E-state index is 0.450. The fraction of sp³-hybridized carbons (Fsp3) is 0.800. The van der Waals surface area contributed by atoms with Gasteiger partial charge in [-0.15, -0.1) is 0 Å². The summed E-state index contributed by atoms with van der Waals surface area (Å²) < 4.78 is 6.50. The quantitative estimate of drug-likeness (QED) is 0.568. The maximum Gasteiger partial charge on any atom is 0.106 e. The van der Waals surface area contributed by atoms with E-state index in [0.717, 1.165) is 0 Å². The van der Waals surface area contributed by atoms with Crippen molar-refractivity contribution in [2.45, 2.75) is 69.2 Å². The van der Waals surface area contributed by atoms with Crippen molar-refractivity contribution in [3.8, 4) is 0 Å². The molecular formula is C20H36O. The summed E-state index contributed by atoms with van der Waals surface area (Å²) in [4.78, 5) is 0. The molecule has 0 N–H and O–H groups in total. The van der Waals surface area contributed by atoms with Crippen molar-refractivity contribution >= 4 is 0 Å². The molecule has 1 nitrogen and oxygen atoms in total. The standard InChI is InChI=1S/C20H36O/c1-11(2)16-17(12(3)4)19(14(7)8)21-20(15(9)10)18(16)13(5)6/h11-16H,1-10H3. The molecule has 0 fully saturated rings. The summed E-state index contributed by atoms with van der Waals surface area (Å²) >= 11 is 0. The first kappa shape index (κ1) is 18.3. The Bertz CT molecular complexity index is 383. The monoisotopic (exact) mass is 292 g/mol. The van der Waals surface area contributed by atoms with Crippen LogP contribution in [0.1, 0.15) is 69.2 Å². The third-order valence-corrected chi connectivity index (χ3v) is 4.42. The molecule has 1 rings (SSSR count). The van der Waals surface area contributed by atoms with Crippen LogP contribution >= 0.6 is 0 Å². The normalized spacial score (nSPS) is 18.0. The Labute approximate surface area is 132 Å². The van der Waals surface area contributed by atoms with Crippen molar-refractivity contribution < 1.29 is 4.74 Å². The predicted molar refractivity (Wildman–Crippen MR) is 92.8 cm³/mol. The van der Waals surface area contributed by atoms with Crippen LogP contribution in [0.25, 0.3) is 0 Å². The Morgan fingerprint density at radius 2 is 0.905 bits per heavy atom. The molecule has 0 aromatic carbocycles. The summed E-state index contributed by atoms with van der Waals surface area (Å²) in [6.07, 6.45) is 0. The Kier molecular flexibility index (Phi) is 6.13. The molecule has 1 aliphatic heterocycles. The molecule has 0 atom stereocenters. The van der Waals surface area contributed by atoms with E-state index in [2.05, 4.69) is 69.2 Å². The number of allylic oxidation sites excluding steroid dienone is 4. The number of hydrogen-bond donors (Lipinski definition) is 0. The molecule has 0 aromatic rings. The van der Waals surface area contributed by atoms with Crippen LogP contribution in [-0.4, -0.2) is 0 Å². The summed E-state index contributed by atoms with van der Waals surface area (Å²) in [6.45, 7) is 23.0. The fourth-order valence-electron chi connectivity index (χ4n) is 3.62. The smallest absolute Gasteiger partial charge is 0.106 e. The second-order valence-corrected chi connectivity index (χ2v) is 8.08. The van der Waals surface area contributed by atoms with Gasteiger partial charge in [0.2, 0.25) is 0 Å². The fourth-order valence-corrected chi connectivity index (χ4v) is 3.62. The van der Waals surface area contributed by atoms with Gasteiger partial charge in [0, 0.05) is 17.8 Å². The highest BCUT2D eigenvalue weighted by Crippen LogP contribution is 2.47. The van der Waals surface area contributed by atoms with E-state index in [1.165, 1.54) is 22.7 Å². The van der Waals surface area contributed by atoms with Gasteiger partial charge < -0.3 is 4.74 Å². The van der Waals surface area contributed by atoms with Crippen molar-refractivity contribution in [1.82, 2.24) is 0 Å². The number of hydrogen-bond acceptors (Lipinski definition) is 1. The number of ether oxygens (including phenoxy) is 1. The highest BCUT2D eigenvalue weighted by Gasteiger charge is 2.37. The highest BCUT2D eigenvalue weighted by molar-refractivity contribution is 5.35. The summed E-state index contributed by atoms with van der Waals surface area (Å²) in [7, 11) is 0. The maximum absolute atomic E-state index is 6.50. The van der Waals surface area contributed by atoms with Crippen LogP contribution < -0.4 is 0 Å². The molecule has 0 unspecified atom stereocenters. The Morgan fingerprint density at radius 1 is 0.571 bits per heavy atom.